The van der Waals surface area contributed by atoms with Gasteiger partial charge in [0, 0.05) is 6.42 Å². The van der Waals surface area contributed by atoms with E-state index in [1.807, 2.05) is 51.1 Å². The average molecular weight is 399 g/mol. The highest BCUT2D eigenvalue weighted by Crippen LogP contribution is 2.39. The van der Waals surface area contributed by atoms with E-state index in [-0.39, 0.29) is 12.2 Å². The van der Waals surface area contributed by atoms with E-state index in [9.17, 15) is 4.79 Å². The van der Waals surface area contributed by atoms with Crippen LogP contribution in [-0.2, 0) is 18.9 Å². The summed E-state index contributed by atoms with van der Waals surface area (Å²) in [5.41, 5.74) is 1.13. The van der Waals surface area contributed by atoms with Crippen molar-refractivity contribution in [3.8, 4) is 0 Å². The summed E-state index contributed by atoms with van der Waals surface area (Å²) in [6, 6.07) is 10.3. The van der Waals surface area contributed by atoms with Crippen LogP contribution in [0.2, 0.25) is 0 Å². The molecule has 1 aromatic rings. The Balaban J connectivity index is 1.45. The van der Waals surface area contributed by atoms with Crippen LogP contribution >= 0.6 is 0 Å². The number of benzene rings is 1. The Hall–Kier alpha value is -2.15. The van der Waals surface area contributed by atoms with E-state index in [4.69, 9.17) is 18.9 Å². The minimum Gasteiger partial charge on any atom is -0.444 e. The summed E-state index contributed by atoms with van der Waals surface area (Å²) in [7, 11) is 0. The number of hydrogen-bond donors (Lipinski definition) is 0. The van der Waals surface area contributed by atoms with Crippen molar-refractivity contribution in [2.24, 2.45) is 0 Å². The van der Waals surface area contributed by atoms with Crippen LogP contribution in [0.15, 0.2) is 48.6 Å². The fraction of sp³-hybridized carbons (Fsp3) is 0.522. The first-order chi connectivity index (χ1) is 13.8. The molecule has 0 saturated carbocycles. The molecule has 0 spiro atoms. The van der Waals surface area contributed by atoms with Crippen molar-refractivity contribution >= 4 is 11.7 Å². The standard InChI is InChI=1S/C23H29NO5/c1-22(2,3)29-21(25)24-15-19(16-24)28-23(20-26-12-13-27-20)11-7-10-18(14-23)17-8-5-4-6-9-17/h4-11,19-20H,12-16H2,1-3H3. The lowest BCUT2D eigenvalue weighted by Gasteiger charge is -2.46. The van der Waals surface area contributed by atoms with Gasteiger partial charge >= 0.3 is 6.09 Å². The summed E-state index contributed by atoms with van der Waals surface area (Å²) in [6.45, 7) is 7.72. The summed E-state index contributed by atoms with van der Waals surface area (Å²) >= 11 is 0. The molecule has 1 aliphatic carbocycles. The van der Waals surface area contributed by atoms with E-state index in [0.29, 0.717) is 32.7 Å². The van der Waals surface area contributed by atoms with Crippen molar-refractivity contribution in [1.82, 2.24) is 4.90 Å². The van der Waals surface area contributed by atoms with Crippen molar-refractivity contribution in [3.63, 3.8) is 0 Å². The number of carbonyl (C=O) groups excluding carboxylic acids is 1. The second-order valence-corrected chi connectivity index (χ2v) is 8.75. The Bertz CT molecular complexity index is 785. The maximum atomic E-state index is 12.2. The van der Waals surface area contributed by atoms with Crippen LogP contribution in [0.1, 0.15) is 32.8 Å². The minimum absolute atomic E-state index is 0.0879. The zero-order valence-electron chi connectivity index (χ0n) is 17.3. The van der Waals surface area contributed by atoms with E-state index in [0.717, 1.165) is 5.56 Å². The molecule has 0 radical (unpaired) electrons. The third-order valence-corrected chi connectivity index (χ3v) is 5.19. The molecule has 156 valence electrons. The third kappa shape index (κ3) is 4.55. The van der Waals surface area contributed by atoms with Gasteiger partial charge in [-0.3, -0.25) is 0 Å². The minimum atomic E-state index is -0.707. The largest absolute Gasteiger partial charge is 0.444 e. The van der Waals surface area contributed by atoms with E-state index < -0.39 is 17.5 Å². The van der Waals surface area contributed by atoms with Crippen LogP contribution in [-0.4, -0.2) is 60.9 Å². The van der Waals surface area contributed by atoms with Gasteiger partial charge in [-0.1, -0.05) is 42.5 Å². The molecule has 0 aromatic heterocycles. The molecule has 3 aliphatic rings. The van der Waals surface area contributed by atoms with Gasteiger partial charge in [-0.25, -0.2) is 4.79 Å². The Morgan fingerprint density at radius 1 is 1.14 bits per heavy atom. The molecule has 0 bridgehead atoms. The van der Waals surface area contributed by atoms with Crippen molar-refractivity contribution in [3.05, 3.63) is 54.1 Å². The van der Waals surface area contributed by atoms with E-state index in [1.54, 1.807) is 4.90 Å². The molecule has 2 fully saturated rings. The summed E-state index contributed by atoms with van der Waals surface area (Å²) < 4.78 is 23.7. The first-order valence-electron chi connectivity index (χ1n) is 10.2. The summed E-state index contributed by atoms with van der Waals surface area (Å²) in [5, 5.41) is 0. The van der Waals surface area contributed by atoms with Gasteiger partial charge in [0.1, 0.15) is 11.2 Å². The quantitative estimate of drug-likeness (QED) is 0.771. The van der Waals surface area contributed by atoms with E-state index in [1.165, 1.54) is 5.57 Å². The first kappa shape index (κ1) is 20.1. The van der Waals surface area contributed by atoms with Crippen molar-refractivity contribution in [2.45, 2.75) is 50.8 Å². The van der Waals surface area contributed by atoms with Gasteiger partial charge in [0.05, 0.1) is 32.4 Å². The average Bonchev–Trinajstić information content (AvgIpc) is 3.19. The number of likely N-dealkylation sites (tertiary alicyclic amines) is 1. The molecule has 1 aromatic carbocycles. The smallest absolute Gasteiger partial charge is 0.410 e. The molecule has 4 rings (SSSR count). The second-order valence-electron chi connectivity index (χ2n) is 8.75. The topological polar surface area (TPSA) is 57.2 Å². The van der Waals surface area contributed by atoms with Gasteiger partial charge in [-0.2, -0.15) is 0 Å². The van der Waals surface area contributed by atoms with Crippen LogP contribution in [0.4, 0.5) is 4.79 Å². The van der Waals surface area contributed by atoms with Crippen LogP contribution < -0.4 is 0 Å². The third-order valence-electron chi connectivity index (χ3n) is 5.19. The molecule has 1 amide bonds. The molecule has 1 atom stereocenters. The highest BCUT2D eigenvalue weighted by atomic mass is 16.7. The molecule has 29 heavy (non-hydrogen) atoms. The number of nitrogens with zero attached hydrogens (tertiary/aromatic N) is 1. The molecule has 0 N–H and O–H groups in total. The molecule has 2 aliphatic heterocycles. The van der Waals surface area contributed by atoms with Gasteiger partial charge in [-0.05, 0) is 38.0 Å². The van der Waals surface area contributed by atoms with Crippen LogP contribution in [0.25, 0.3) is 5.57 Å². The lowest BCUT2D eigenvalue weighted by atomic mass is 9.85. The molecular formula is C23H29NO5. The number of rotatable bonds is 4. The maximum absolute atomic E-state index is 12.2. The SMILES string of the molecule is CC(C)(C)OC(=O)N1CC(OC2(C3OCCO3)C=CC=C(c3ccccc3)C2)C1. The number of carbonyl (C=O) groups is 1. The Morgan fingerprint density at radius 2 is 1.83 bits per heavy atom. The second kappa shape index (κ2) is 7.94. The molecule has 6 heteroatoms. The van der Waals surface area contributed by atoms with Crippen LogP contribution in [0, 0.1) is 0 Å². The Kier molecular flexibility index (Phi) is 5.51. The van der Waals surface area contributed by atoms with Crippen LogP contribution in [0.3, 0.4) is 0 Å². The fourth-order valence-corrected chi connectivity index (χ4v) is 3.83. The van der Waals surface area contributed by atoms with Crippen molar-refractivity contribution in [1.29, 1.82) is 0 Å². The van der Waals surface area contributed by atoms with Gasteiger partial charge < -0.3 is 23.8 Å². The molecule has 1 unspecified atom stereocenters. The molecule has 6 nitrogen and oxygen atoms in total. The first-order valence-corrected chi connectivity index (χ1v) is 10.2. The number of allylic oxidation sites excluding steroid dienone is 2. The van der Waals surface area contributed by atoms with Crippen LogP contribution in [0.5, 0.6) is 0 Å². The number of hydrogen-bond acceptors (Lipinski definition) is 5. The zero-order valence-corrected chi connectivity index (χ0v) is 17.3. The lowest BCUT2D eigenvalue weighted by molar-refractivity contribution is -0.217. The summed E-state index contributed by atoms with van der Waals surface area (Å²) in [4.78, 5) is 13.9. The normalized spacial score (nSPS) is 25.6. The molecule has 2 heterocycles. The Labute approximate surface area is 172 Å². The van der Waals surface area contributed by atoms with Crippen molar-refractivity contribution in [2.75, 3.05) is 26.3 Å². The summed E-state index contributed by atoms with van der Waals surface area (Å²) in [6.07, 6.45) is 5.97. The fourth-order valence-electron chi connectivity index (χ4n) is 3.83. The monoisotopic (exact) mass is 399 g/mol. The summed E-state index contributed by atoms with van der Waals surface area (Å²) in [5.74, 6) is 0. The number of amides is 1. The predicted octanol–water partition coefficient (Wildman–Crippen LogP) is 3.78. The molecular weight excluding hydrogens is 370 g/mol. The highest BCUT2D eigenvalue weighted by molar-refractivity contribution is 5.70. The van der Waals surface area contributed by atoms with E-state index in [2.05, 4.69) is 18.2 Å². The highest BCUT2D eigenvalue weighted by Gasteiger charge is 2.48. The van der Waals surface area contributed by atoms with Crippen molar-refractivity contribution < 1.29 is 23.7 Å². The predicted molar refractivity (Wildman–Crippen MR) is 109 cm³/mol. The van der Waals surface area contributed by atoms with Gasteiger partial charge in [0.25, 0.3) is 0 Å². The van der Waals surface area contributed by atoms with Gasteiger partial charge in [0.15, 0.2) is 6.29 Å². The van der Waals surface area contributed by atoms with Gasteiger partial charge in [-0.15, -0.1) is 0 Å². The lowest BCUT2D eigenvalue weighted by Crippen LogP contribution is -2.60. The van der Waals surface area contributed by atoms with Gasteiger partial charge in [0.2, 0.25) is 0 Å². The maximum Gasteiger partial charge on any atom is 0.410 e. The molecule has 2 saturated heterocycles. The Morgan fingerprint density at radius 3 is 2.48 bits per heavy atom. The zero-order chi connectivity index (χ0) is 20.5. The number of ether oxygens (including phenoxy) is 4. The van der Waals surface area contributed by atoms with E-state index >= 15 is 0 Å².